The van der Waals surface area contributed by atoms with Crippen LogP contribution in [-0.2, 0) is 16.8 Å². The summed E-state index contributed by atoms with van der Waals surface area (Å²) in [6, 6.07) is 15.4. The molecule has 3 rings (SSSR count). The minimum Gasteiger partial charge on any atom is -0.489 e. The average molecular weight is 392 g/mol. The molecule has 152 valence electrons. The van der Waals surface area contributed by atoms with Crippen molar-refractivity contribution in [3.63, 3.8) is 0 Å². The molecule has 5 heteroatoms. The highest BCUT2D eigenvalue weighted by Crippen LogP contribution is 2.24. The topological polar surface area (TPSA) is 67.8 Å². The van der Waals surface area contributed by atoms with Gasteiger partial charge in [-0.3, -0.25) is 9.59 Å². The summed E-state index contributed by atoms with van der Waals surface area (Å²) in [5.74, 6) is 0.722. The Hall–Kier alpha value is -2.95. The molecule has 1 amide bonds. The van der Waals surface area contributed by atoms with E-state index in [0.29, 0.717) is 25.0 Å². The Balaban J connectivity index is 1.52. The van der Waals surface area contributed by atoms with Crippen molar-refractivity contribution in [2.24, 2.45) is 5.10 Å². The number of hydrogen-bond acceptors (Lipinski definition) is 4. The van der Waals surface area contributed by atoms with Gasteiger partial charge in [0.1, 0.15) is 18.1 Å². The zero-order valence-corrected chi connectivity index (χ0v) is 17.3. The summed E-state index contributed by atoms with van der Waals surface area (Å²) >= 11 is 0. The maximum absolute atomic E-state index is 12.2. The first-order valence-corrected chi connectivity index (χ1v) is 10.0. The van der Waals surface area contributed by atoms with Crippen LogP contribution in [0.15, 0.2) is 53.6 Å². The fraction of sp³-hybridized carbons (Fsp3) is 0.375. The largest absolute Gasteiger partial charge is 0.489 e. The van der Waals surface area contributed by atoms with Crippen LogP contribution in [0.4, 0.5) is 0 Å². The molecule has 1 aliphatic rings. The molecule has 5 nitrogen and oxygen atoms in total. The Labute approximate surface area is 172 Å². The van der Waals surface area contributed by atoms with E-state index >= 15 is 0 Å². The van der Waals surface area contributed by atoms with Crippen molar-refractivity contribution in [1.29, 1.82) is 0 Å². The number of nitrogens with one attached hydrogen (secondary N) is 1. The monoisotopic (exact) mass is 392 g/mol. The van der Waals surface area contributed by atoms with Crippen LogP contribution in [0.5, 0.6) is 5.75 Å². The van der Waals surface area contributed by atoms with Crippen molar-refractivity contribution in [2.45, 2.75) is 58.5 Å². The van der Waals surface area contributed by atoms with Gasteiger partial charge in [0.25, 0.3) is 5.91 Å². The molecule has 2 aromatic rings. The molecular weight excluding hydrogens is 364 g/mol. The summed E-state index contributed by atoms with van der Waals surface area (Å²) in [5.41, 5.74) is 6.18. The zero-order valence-electron chi connectivity index (χ0n) is 17.3. The number of Topliss-reactive ketones (excluding diaryl/α,β-unsaturated/α-hetero) is 1. The fourth-order valence-corrected chi connectivity index (χ4v) is 3.15. The summed E-state index contributed by atoms with van der Waals surface area (Å²) in [6.45, 7) is 6.98. The van der Waals surface area contributed by atoms with Crippen LogP contribution in [-0.4, -0.2) is 17.4 Å². The molecule has 0 saturated heterocycles. The van der Waals surface area contributed by atoms with E-state index < -0.39 is 0 Å². The summed E-state index contributed by atoms with van der Waals surface area (Å²) in [6.07, 6.45) is 2.52. The number of benzene rings is 2. The van der Waals surface area contributed by atoms with Crippen LogP contribution in [0, 0.1) is 0 Å². The summed E-state index contributed by atoms with van der Waals surface area (Å²) in [4.78, 5) is 23.7. The quantitative estimate of drug-likeness (QED) is 0.744. The molecule has 0 radical (unpaired) electrons. The van der Waals surface area contributed by atoms with Gasteiger partial charge in [0.2, 0.25) is 0 Å². The SMILES string of the molecule is CC(C)(C)c1ccc(OCc2ccc(C(=O)NN=C3CCCC(=O)C3)cc2)cc1. The standard InChI is InChI=1S/C24H28N2O3/c1-24(2,3)19-11-13-22(14-12-19)29-16-17-7-9-18(10-8-17)23(28)26-25-20-5-4-6-21(27)15-20/h7-14H,4-6,15-16H2,1-3H3,(H,26,28). The summed E-state index contributed by atoms with van der Waals surface area (Å²) in [5, 5.41) is 4.10. The predicted octanol–water partition coefficient (Wildman–Crippen LogP) is 4.79. The molecule has 0 spiro atoms. The van der Waals surface area contributed by atoms with Gasteiger partial charge in [-0.1, -0.05) is 45.0 Å². The number of rotatable bonds is 5. The maximum atomic E-state index is 12.2. The lowest BCUT2D eigenvalue weighted by atomic mass is 9.87. The minimum atomic E-state index is -0.277. The molecule has 0 aromatic heterocycles. The third-order valence-corrected chi connectivity index (χ3v) is 4.98. The third kappa shape index (κ3) is 6.01. The van der Waals surface area contributed by atoms with E-state index in [4.69, 9.17) is 4.74 Å². The second-order valence-corrected chi connectivity index (χ2v) is 8.45. The first-order valence-electron chi connectivity index (χ1n) is 10.0. The van der Waals surface area contributed by atoms with Gasteiger partial charge in [-0.15, -0.1) is 0 Å². The average Bonchev–Trinajstić information content (AvgIpc) is 2.70. The van der Waals surface area contributed by atoms with Crippen molar-refractivity contribution in [1.82, 2.24) is 5.43 Å². The Morgan fingerprint density at radius 3 is 2.34 bits per heavy atom. The second kappa shape index (κ2) is 9.03. The number of hydrazone groups is 1. The van der Waals surface area contributed by atoms with Gasteiger partial charge in [0.05, 0.1) is 0 Å². The number of carbonyl (C=O) groups excluding carboxylic acids is 2. The van der Waals surface area contributed by atoms with Crippen LogP contribution < -0.4 is 10.2 Å². The van der Waals surface area contributed by atoms with Crippen molar-refractivity contribution in [3.8, 4) is 5.75 Å². The van der Waals surface area contributed by atoms with Crippen LogP contribution in [0.2, 0.25) is 0 Å². The molecule has 0 aliphatic heterocycles. The number of ketones is 1. The van der Waals surface area contributed by atoms with E-state index in [9.17, 15) is 9.59 Å². The van der Waals surface area contributed by atoms with Crippen LogP contribution in [0.3, 0.4) is 0 Å². The smallest absolute Gasteiger partial charge is 0.271 e. The molecule has 0 atom stereocenters. The van der Waals surface area contributed by atoms with Gasteiger partial charge < -0.3 is 4.74 Å². The fourth-order valence-electron chi connectivity index (χ4n) is 3.15. The summed E-state index contributed by atoms with van der Waals surface area (Å²) < 4.78 is 5.84. The molecule has 29 heavy (non-hydrogen) atoms. The zero-order chi connectivity index (χ0) is 20.9. The van der Waals surface area contributed by atoms with Gasteiger partial charge in [-0.25, -0.2) is 5.43 Å². The Kier molecular flexibility index (Phi) is 6.47. The predicted molar refractivity (Wildman–Crippen MR) is 114 cm³/mol. The van der Waals surface area contributed by atoms with E-state index in [0.717, 1.165) is 29.9 Å². The lowest BCUT2D eigenvalue weighted by Crippen LogP contribution is -2.22. The highest BCUT2D eigenvalue weighted by Gasteiger charge is 2.15. The normalized spacial score (nSPS) is 16.0. The molecule has 1 aliphatic carbocycles. The third-order valence-electron chi connectivity index (χ3n) is 4.98. The number of ether oxygens (including phenoxy) is 1. The highest BCUT2D eigenvalue weighted by atomic mass is 16.5. The Morgan fingerprint density at radius 1 is 1.03 bits per heavy atom. The lowest BCUT2D eigenvalue weighted by Gasteiger charge is -2.19. The molecule has 1 fully saturated rings. The van der Waals surface area contributed by atoms with Gasteiger partial charge in [0.15, 0.2) is 0 Å². The Morgan fingerprint density at radius 2 is 1.72 bits per heavy atom. The number of amides is 1. The molecule has 0 bridgehead atoms. The highest BCUT2D eigenvalue weighted by molar-refractivity contribution is 6.04. The van der Waals surface area contributed by atoms with Gasteiger partial charge in [0, 0.05) is 24.1 Å². The van der Waals surface area contributed by atoms with Crippen molar-refractivity contribution in [2.75, 3.05) is 0 Å². The maximum Gasteiger partial charge on any atom is 0.271 e. The molecule has 2 aromatic carbocycles. The summed E-state index contributed by atoms with van der Waals surface area (Å²) in [7, 11) is 0. The number of carbonyl (C=O) groups is 2. The van der Waals surface area contributed by atoms with Gasteiger partial charge in [-0.05, 0) is 53.6 Å². The van der Waals surface area contributed by atoms with E-state index in [-0.39, 0.29) is 17.1 Å². The van der Waals surface area contributed by atoms with Gasteiger partial charge in [-0.2, -0.15) is 5.10 Å². The van der Waals surface area contributed by atoms with Gasteiger partial charge >= 0.3 is 0 Å². The number of hydrogen-bond donors (Lipinski definition) is 1. The van der Waals surface area contributed by atoms with Crippen molar-refractivity contribution < 1.29 is 14.3 Å². The number of nitrogens with zero attached hydrogens (tertiary/aromatic N) is 1. The Bertz CT molecular complexity index is 891. The van der Waals surface area contributed by atoms with E-state index in [2.05, 4.69) is 43.4 Å². The van der Waals surface area contributed by atoms with Crippen LogP contribution in [0.25, 0.3) is 0 Å². The minimum absolute atomic E-state index is 0.117. The van der Waals surface area contributed by atoms with E-state index in [1.165, 1.54) is 5.56 Å². The van der Waals surface area contributed by atoms with Crippen LogP contribution in [0.1, 0.15) is 67.9 Å². The molecule has 0 unspecified atom stereocenters. The molecule has 1 N–H and O–H groups in total. The van der Waals surface area contributed by atoms with Crippen LogP contribution >= 0.6 is 0 Å². The first-order chi connectivity index (χ1) is 13.8. The van der Waals surface area contributed by atoms with Crippen molar-refractivity contribution >= 4 is 17.4 Å². The molecule has 0 heterocycles. The molecule has 1 saturated carbocycles. The first kappa shape index (κ1) is 20.8. The molecular formula is C24H28N2O3. The van der Waals surface area contributed by atoms with E-state index in [1.54, 1.807) is 12.1 Å². The van der Waals surface area contributed by atoms with Crippen molar-refractivity contribution in [3.05, 3.63) is 65.2 Å². The van der Waals surface area contributed by atoms with E-state index in [1.807, 2.05) is 24.3 Å². The second-order valence-electron chi connectivity index (χ2n) is 8.45. The lowest BCUT2D eigenvalue weighted by molar-refractivity contribution is -0.118.